The normalized spacial score (nSPS) is 22.1. The zero-order valence-electron chi connectivity index (χ0n) is 51.7. The summed E-state index contributed by atoms with van der Waals surface area (Å²) in [5.74, 6) is -2.90. The molecular weight excluding hydrogens is 1170 g/mol. The van der Waals surface area contributed by atoms with E-state index in [1.165, 1.54) is 42.2 Å². The van der Waals surface area contributed by atoms with Gasteiger partial charge < -0.3 is 40.3 Å². The van der Waals surface area contributed by atoms with Gasteiger partial charge in [0.2, 0.25) is 17.7 Å². The number of carboxylic acid groups (broad SMARTS) is 1. The third-order valence-corrected chi connectivity index (χ3v) is 19.4. The molecule has 5 N–H and O–H groups in total. The monoisotopic (exact) mass is 1240 g/mol. The first kappa shape index (κ1) is 62.8. The summed E-state index contributed by atoms with van der Waals surface area (Å²) in [7, 11) is 1.69. The Bertz CT molecular complexity index is 3770. The number of aromatic nitrogens is 4. The van der Waals surface area contributed by atoms with Crippen LogP contribution < -0.4 is 26.2 Å². The van der Waals surface area contributed by atoms with Gasteiger partial charge >= 0.3 is 12.1 Å². The van der Waals surface area contributed by atoms with E-state index in [2.05, 4.69) is 40.1 Å². The van der Waals surface area contributed by atoms with E-state index in [9.17, 15) is 43.5 Å². The van der Waals surface area contributed by atoms with Crippen molar-refractivity contribution in [3.63, 3.8) is 0 Å². The molecule has 6 aliphatic rings. The number of likely N-dealkylation sites (N-methyl/N-ethyl adjacent to an activating group) is 1. The van der Waals surface area contributed by atoms with Crippen molar-refractivity contribution in [2.24, 2.45) is 16.2 Å². The average molecular weight is 1240 g/mol. The summed E-state index contributed by atoms with van der Waals surface area (Å²) >= 11 is 1.42. The van der Waals surface area contributed by atoms with Crippen molar-refractivity contribution in [1.29, 1.82) is 0 Å². The van der Waals surface area contributed by atoms with Crippen molar-refractivity contribution < 1.29 is 52.9 Å². The lowest BCUT2D eigenvalue weighted by Crippen LogP contribution is -2.64. The molecule has 23 heteroatoms. The second kappa shape index (κ2) is 25.6. The van der Waals surface area contributed by atoms with Crippen LogP contribution in [0, 0.1) is 23.2 Å². The lowest BCUT2D eigenvalue weighted by atomic mass is 9.39. The van der Waals surface area contributed by atoms with Gasteiger partial charge in [-0.2, -0.15) is 5.10 Å². The van der Waals surface area contributed by atoms with Crippen LogP contribution in [0.5, 0.6) is 0 Å². The van der Waals surface area contributed by atoms with E-state index in [-0.39, 0.29) is 65.1 Å². The molecule has 4 saturated carbocycles. The highest BCUT2D eigenvalue weighted by Crippen LogP contribution is 2.72. The number of pyridine rings is 1. The number of hydrogen-bond acceptors (Lipinski definition) is 15. The van der Waals surface area contributed by atoms with Gasteiger partial charge in [0.05, 0.1) is 28.6 Å². The Morgan fingerprint density at radius 3 is 2.26 bits per heavy atom. The van der Waals surface area contributed by atoms with E-state index < -0.39 is 41.6 Å². The van der Waals surface area contributed by atoms with Crippen molar-refractivity contribution in [3.8, 4) is 11.1 Å². The number of ether oxygens (including phenoxy) is 2. The van der Waals surface area contributed by atoms with Crippen molar-refractivity contribution in [3.05, 3.63) is 131 Å². The van der Waals surface area contributed by atoms with E-state index in [0.29, 0.717) is 97.4 Å². The highest BCUT2D eigenvalue weighted by Gasteiger charge is 2.66. The number of carbonyl (C=O) groups excluding carboxylic acids is 7. The molecule has 2 unspecified atom stereocenters. The number of imide groups is 1. The molecule has 0 radical (unpaired) electrons. The summed E-state index contributed by atoms with van der Waals surface area (Å²) in [6, 6.07) is 22.2. The van der Waals surface area contributed by atoms with Crippen LogP contribution in [0.3, 0.4) is 0 Å². The molecule has 4 atom stereocenters. The minimum atomic E-state index is -1.15. The fraction of sp³-hybridized carbons (Fsp3) is 0.448. The molecule has 0 saturated heterocycles. The molecule has 3 aromatic carbocycles. The van der Waals surface area contributed by atoms with Gasteiger partial charge in [-0.3, -0.25) is 43.7 Å². The molecular formula is C67H77N11O11S. The first-order chi connectivity index (χ1) is 43.0. The fourth-order valence-electron chi connectivity index (χ4n) is 15.3. The SMILES string of the molecule is Cc1c(-c2ccc(N3CCc4cccc(C(=O)Nc5nc6ccccc6s5)c4C3)nc2C(=O)O)cnn1CC12CC3(C)CC(C)(C1)CC(OCCN(C)C(=O)OCc1ccc(NC(=O)[C@H](C)NC(=O)[C@H](C)NC(=O)CCCCCN4C(=O)C=CC4=O)cc1)(C3)C2. The van der Waals surface area contributed by atoms with Gasteiger partial charge in [-0.15, -0.1) is 0 Å². The van der Waals surface area contributed by atoms with Crippen molar-refractivity contribution in [2.45, 2.75) is 143 Å². The Kier molecular flexibility index (Phi) is 17.8. The minimum absolute atomic E-state index is 0.00502. The third kappa shape index (κ3) is 13.8. The molecule has 2 aliphatic heterocycles. The maximum atomic E-state index is 13.8. The van der Waals surface area contributed by atoms with Gasteiger partial charge in [0, 0.05) is 86.4 Å². The largest absolute Gasteiger partial charge is 0.476 e. The minimum Gasteiger partial charge on any atom is -0.476 e. The second-order valence-corrected chi connectivity index (χ2v) is 27.1. The summed E-state index contributed by atoms with van der Waals surface area (Å²) in [5, 5.41) is 27.2. The number of anilines is 3. The number of nitrogens with one attached hydrogen (secondary N) is 4. The summed E-state index contributed by atoms with van der Waals surface area (Å²) in [6.45, 7) is 12.3. The lowest BCUT2D eigenvalue weighted by Gasteiger charge is -2.69. The van der Waals surface area contributed by atoms with Gasteiger partial charge in [0.1, 0.15) is 24.5 Å². The summed E-state index contributed by atoms with van der Waals surface area (Å²) in [4.78, 5) is 116. The van der Waals surface area contributed by atoms with Crippen LogP contribution in [0.15, 0.2) is 97.2 Å². The summed E-state index contributed by atoms with van der Waals surface area (Å²) in [5.41, 5.74) is 5.93. The van der Waals surface area contributed by atoms with Crippen LogP contribution in [-0.4, -0.2) is 133 Å². The lowest BCUT2D eigenvalue weighted by molar-refractivity contribution is -0.248. The molecule has 3 aromatic heterocycles. The molecule has 90 heavy (non-hydrogen) atoms. The topological polar surface area (TPSA) is 277 Å². The number of fused-ring (bicyclic) bond motifs is 2. The number of rotatable bonds is 24. The number of thiazole rings is 1. The molecule has 4 bridgehead atoms. The Hall–Kier alpha value is -8.83. The molecule has 0 spiro atoms. The van der Waals surface area contributed by atoms with Crippen LogP contribution >= 0.6 is 11.3 Å². The van der Waals surface area contributed by atoms with E-state index >= 15 is 0 Å². The number of amides is 7. The number of unbranched alkanes of at least 4 members (excludes halogenated alkanes) is 2. The number of carboxylic acids is 1. The zero-order valence-corrected chi connectivity index (χ0v) is 52.5. The van der Waals surface area contributed by atoms with Gasteiger partial charge in [-0.25, -0.2) is 19.6 Å². The number of benzene rings is 3. The molecule has 22 nitrogen and oxygen atoms in total. The Balaban J connectivity index is 0.645. The molecule has 5 heterocycles. The van der Waals surface area contributed by atoms with Crippen LogP contribution in [0.25, 0.3) is 21.3 Å². The maximum absolute atomic E-state index is 13.8. The predicted molar refractivity (Wildman–Crippen MR) is 338 cm³/mol. The molecule has 6 aromatic rings. The van der Waals surface area contributed by atoms with Gasteiger partial charge in [-0.1, -0.05) is 68.0 Å². The van der Waals surface area contributed by atoms with Crippen molar-refractivity contribution in [2.75, 3.05) is 48.8 Å². The molecule has 12 rings (SSSR count). The van der Waals surface area contributed by atoms with E-state index in [0.717, 1.165) is 70.5 Å². The molecule has 7 amide bonds. The molecule has 472 valence electrons. The first-order valence-corrected chi connectivity index (χ1v) is 31.6. The number of aromatic carboxylic acids is 1. The number of para-hydroxylation sites is 1. The van der Waals surface area contributed by atoms with Crippen LogP contribution in [0.4, 0.5) is 21.4 Å². The number of hydrogen-bond donors (Lipinski definition) is 5. The molecule has 4 aliphatic carbocycles. The Morgan fingerprint density at radius 1 is 0.789 bits per heavy atom. The quantitative estimate of drug-likeness (QED) is 0.0279. The van der Waals surface area contributed by atoms with Crippen LogP contribution in [0.1, 0.15) is 135 Å². The van der Waals surface area contributed by atoms with E-state index in [4.69, 9.17) is 19.6 Å². The zero-order chi connectivity index (χ0) is 63.7. The number of nitrogens with zero attached hydrogens (tertiary/aromatic N) is 7. The summed E-state index contributed by atoms with van der Waals surface area (Å²) < 4.78 is 15.7. The van der Waals surface area contributed by atoms with Crippen LogP contribution in [0.2, 0.25) is 0 Å². The molecule has 4 fully saturated rings. The smallest absolute Gasteiger partial charge is 0.409 e. The maximum Gasteiger partial charge on any atom is 0.409 e. The highest BCUT2D eigenvalue weighted by atomic mass is 32.1. The van der Waals surface area contributed by atoms with Gasteiger partial charge in [0.15, 0.2) is 10.8 Å². The van der Waals surface area contributed by atoms with Crippen molar-refractivity contribution >= 4 is 85.7 Å². The van der Waals surface area contributed by atoms with Crippen molar-refractivity contribution in [1.82, 2.24) is 40.2 Å². The fourth-order valence-corrected chi connectivity index (χ4v) is 16.1. The third-order valence-electron chi connectivity index (χ3n) is 18.4. The number of carbonyl (C=O) groups is 8. The second-order valence-electron chi connectivity index (χ2n) is 26.1. The predicted octanol–water partition coefficient (Wildman–Crippen LogP) is 9.21. The van der Waals surface area contributed by atoms with E-state index in [1.807, 2.05) is 71.1 Å². The standard InChI is InChI=1S/C67H77N11O11S/c1-41(69-54(79)17-8-7-11-27-77-55(80)24-25-56(77)81)58(82)70-42(2)59(83)71-46-20-18-44(19-21-46)33-88-63(87)75(6)29-30-89-67-37-64(4)34-65(5,38-67)36-66(35-64,39-67)40-78-43(3)49(31-68-78)47-22-23-53(73-57(47)61(85)86)76-28-26-45-13-12-14-48(50(45)32-76)60(84)74-62-72-51-15-9-10-16-52(51)90-62/h9-10,12-16,18-25,31,41-42H,7-8,11,17,26-30,32-40H2,1-6H3,(H,69,79)(H,70,82)(H,71,83)(H,85,86)(H,72,74,84)/t41-,42-,64?,65?,66?,67?/m0/s1. The van der Waals surface area contributed by atoms with Crippen LogP contribution in [-0.2, 0) is 59.6 Å². The Morgan fingerprint density at radius 2 is 1.52 bits per heavy atom. The van der Waals surface area contributed by atoms with Gasteiger partial charge in [-0.05, 0) is 154 Å². The van der Waals surface area contributed by atoms with E-state index in [1.54, 1.807) is 37.5 Å². The van der Waals surface area contributed by atoms with Gasteiger partial charge in [0.25, 0.3) is 17.7 Å². The first-order valence-electron chi connectivity index (χ1n) is 30.8. The highest BCUT2D eigenvalue weighted by molar-refractivity contribution is 7.22. The average Bonchev–Trinajstić information content (AvgIpc) is 0.713. The summed E-state index contributed by atoms with van der Waals surface area (Å²) in [6.07, 6.45) is 12.0. The Labute approximate surface area is 526 Å².